The minimum Gasteiger partial charge on any atom is -0.0805 e. The molecular formula is C20H19ClS. The molecule has 0 saturated heterocycles. The first kappa shape index (κ1) is 15.2. The zero-order valence-electron chi connectivity index (χ0n) is 12.8. The Balaban J connectivity index is 2.33. The lowest BCUT2D eigenvalue weighted by Gasteiger charge is -2.36. The molecule has 0 nitrogen and oxygen atoms in total. The van der Waals surface area contributed by atoms with E-state index in [-0.39, 0.29) is 0 Å². The molecule has 0 atom stereocenters. The van der Waals surface area contributed by atoms with Gasteiger partial charge in [0.1, 0.15) is 0 Å². The molecular weight excluding hydrogens is 308 g/mol. The van der Waals surface area contributed by atoms with E-state index in [9.17, 15) is 0 Å². The van der Waals surface area contributed by atoms with Crippen molar-refractivity contribution in [3.8, 4) is 0 Å². The Morgan fingerprint density at radius 2 is 1.00 bits per heavy atom. The van der Waals surface area contributed by atoms with Crippen molar-refractivity contribution in [1.82, 2.24) is 0 Å². The fraction of sp³-hybridized carbons (Fsp3) is 0.100. The van der Waals surface area contributed by atoms with Crippen LogP contribution >= 0.6 is 19.9 Å². The Hall–Kier alpha value is -1.70. The van der Waals surface area contributed by atoms with Gasteiger partial charge in [0.15, 0.2) is 0 Å². The number of aryl methyl sites for hydroxylation is 2. The fourth-order valence-electron chi connectivity index (χ4n) is 2.72. The van der Waals surface area contributed by atoms with Crippen LogP contribution in [0.5, 0.6) is 0 Å². The highest BCUT2D eigenvalue weighted by molar-refractivity contribution is 8.51. The summed E-state index contributed by atoms with van der Waals surface area (Å²) in [5.74, 6) is 0. The molecule has 0 aliphatic rings. The van der Waals surface area contributed by atoms with E-state index in [1.807, 2.05) is 6.07 Å². The lowest BCUT2D eigenvalue weighted by Crippen LogP contribution is -2.00. The molecule has 112 valence electrons. The smallest absolute Gasteiger partial charge is 0.0146 e. The van der Waals surface area contributed by atoms with Gasteiger partial charge in [0.05, 0.1) is 0 Å². The van der Waals surface area contributed by atoms with E-state index in [0.717, 1.165) is 0 Å². The van der Waals surface area contributed by atoms with Gasteiger partial charge in [-0.2, -0.15) is 0 Å². The molecule has 0 fully saturated rings. The minimum atomic E-state index is -1.76. The summed E-state index contributed by atoms with van der Waals surface area (Å²) in [6, 6.07) is 27.3. The molecule has 0 aliphatic carbocycles. The second-order valence-corrected chi connectivity index (χ2v) is 9.20. The average Bonchev–Trinajstić information content (AvgIpc) is 2.56. The number of halogens is 1. The highest BCUT2D eigenvalue weighted by Crippen LogP contribution is 2.73. The standard InChI is InChI=1S/C20H19ClS/c1-16-10-6-8-14-19(16)22(21,18-12-4-3-5-13-18)20-15-9-7-11-17(20)2/h3-15H,1-2H3. The van der Waals surface area contributed by atoms with Gasteiger partial charge in [-0.3, -0.25) is 0 Å². The molecule has 0 bridgehead atoms. The second kappa shape index (κ2) is 6.20. The molecule has 0 aliphatic heterocycles. The van der Waals surface area contributed by atoms with Crippen LogP contribution in [-0.2, 0) is 0 Å². The molecule has 0 heterocycles. The van der Waals surface area contributed by atoms with Crippen molar-refractivity contribution in [2.75, 3.05) is 0 Å². The van der Waals surface area contributed by atoms with E-state index in [4.69, 9.17) is 10.7 Å². The molecule has 0 N–H and O–H groups in total. The van der Waals surface area contributed by atoms with Crippen molar-refractivity contribution in [3.63, 3.8) is 0 Å². The van der Waals surface area contributed by atoms with Crippen LogP contribution in [-0.4, -0.2) is 0 Å². The minimum absolute atomic E-state index is 1.18. The van der Waals surface area contributed by atoms with Crippen LogP contribution in [0.4, 0.5) is 0 Å². The van der Waals surface area contributed by atoms with Gasteiger partial charge in [-0.25, -0.2) is 0 Å². The monoisotopic (exact) mass is 326 g/mol. The summed E-state index contributed by atoms with van der Waals surface area (Å²) in [5.41, 5.74) is 2.47. The molecule has 0 radical (unpaired) electrons. The SMILES string of the molecule is Cc1ccccc1S(Cl)(c1ccccc1)c1ccccc1C. The van der Waals surface area contributed by atoms with Crippen LogP contribution in [0.15, 0.2) is 93.5 Å². The zero-order chi connectivity index (χ0) is 15.6. The van der Waals surface area contributed by atoms with Gasteiger partial charge in [-0.1, -0.05) is 74.5 Å². The number of benzene rings is 3. The molecule has 3 aromatic rings. The highest BCUT2D eigenvalue weighted by Gasteiger charge is 2.31. The van der Waals surface area contributed by atoms with Gasteiger partial charge >= 0.3 is 0 Å². The van der Waals surface area contributed by atoms with Crippen molar-refractivity contribution in [3.05, 3.63) is 90.0 Å². The van der Waals surface area contributed by atoms with Gasteiger partial charge in [0, 0.05) is 14.7 Å². The van der Waals surface area contributed by atoms with Gasteiger partial charge in [-0.05, 0) is 49.2 Å². The van der Waals surface area contributed by atoms with Crippen molar-refractivity contribution < 1.29 is 0 Å². The highest BCUT2D eigenvalue weighted by atomic mass is 35.7. The van der Waals surface area contributed by atoms with Gasteiger partial charge < -0.3 is 0 Å². The molecule has 3 aromatic carbocycles. The van der Waals surface area contributed by atoms with E-state index >= 15 is 0 Å². The van der Waals surface area contributed by atoms with Gasteiger partial charge in [0.25, 0.3) is 0 Å². The summed E-state index contributed by atoms with van der Waals surface area (Å²) >= 11 is 0. The van der Waals surface area contributed by atoms with E-state index < -0.39 is 9.24 Å². The summed E-state index contributed by atoms with van der Waals surface area (Å²) in [6.45, 7) is 4.28. The molecule has 0 amide bonds. The lowest BCUT2D eigenvalue weighted by atomic mass is 10.2. The summed E-state index contributed by atoms with van der Waals surface area (Å²) in [5, 5.41) is 0. The Labute approximate surface area is 138 Å². The maximum atomic E-state index is 7.41. The van der Waals surface area contributed by atoms with Crippen molar-refractivity contribution in [2.45, 2.75) is 28.5 Å². The van der Waals surface area contributed by atoms with Crippen LogP contribution in [0.1, 0.15) is 11.1 Å². The summed E-state index contributed by atoms with van der Waals surface area (Å²) in [4.78, 5) is 3.62. The van der Waals surface area contributed by atoms with Crippen molar-refractivity contribution in [2.24, 2.45) is 0 Å². The maximum Gasteiger partial charge on any atom is 0.0146 e. The van der Waals surface area contributed by atoms with Crippen LogP contribution in [0.25, 0.3) is 0 Å². The Bertz CT molecular complexity index is 735. The maximum absolute atomic E-state index is 7.41. The molecule has 22 heavy (non-hydrogen) atoms. The van der Waals surface area contributed by atoms with Gasteiger partial charge in [0.2, 0.25) is 0 Å². The third-order valence-electron chi connectivity index (χ3n) is 3.86. The number of hydrogen-bond acceptors (Lipinski definition) is 0. The van der Waals surface area contributed by atoms with Crippen LogP contribution in [0, 0.1) is 13.8 Å². The first-order valence-electron chi connectivity index (χ1n) is 7.33. The van der Waals surface area contributed by atoms with E-state index in [1.54, 1.807) is 0 Å². The van der Waals surface area contributed by atoms with E-state index in [0.29, 0.717) is 0 Å². The van der Waals surface area contributed by atoms with Gasteiger partial charge in [-0.15, -0.1) is 0 Å². The molecule has 0 spiro atoms. The Kier molecular flexibility index (Phi) is 4.28. The number of rotatable bonds is 3. The first-order chi connectivity index (χ1) is 10.6. The van der Waals surface area contributed by atoms with Crippen molar-refractivity contribution >= 4 is 19.9 Å². The first-order valence-corrected chi connectivity index (χ1v) is 9.79. The normalized spacial score (nSPS) is 12.1. The molecule has 0 saturated carbocycles. The Morgan fingerprint density at radius 1 is 0.591 bits per heavy atom. The van der Waals surface area contributed by atoms with E-state index in [2.05, 4.69) is 86.6 Å². The average molecular weight is 327 g/mol. The van der Waals surface area contributed by atoms with Crippen LogP contribution in [0.2, 0.25) is 0 Å². The molecule has 0 unspecified atom stereocenters. The van der Waals surface area contributed by atoms with Crippen LogP contribution < -0.4 is 0 Å². The molecule has 2 heteroatoms. The Morgan fingerprint density at radius 3 is 1.45 bits per heavy atom. The zero-order valence-corrected chi connectivity index (χ0v) is 14.4. The van der Waals surface area contributed by atoms with Crippen LogP contribution in [0.3, 0.4) is 0 Å². The van der Waals surface area contributed by atoms with Crippen molar-refractivity contribution in [1.29, 1.82) is 0 Å². The summed E-state index contributed by atoms with van der Waals surface area (Å²) in [7, 11) is 5.65. The largest absolute Gasteiger partial charge is 0.0805 e. The predicted molar refractivity (Wildman–Crippen MR) is 97.0 cm³/mol. The van der Waals surface area contributed by atoms with E-state index in [1.165, 1.54) is 25.8 Å². The fourth-order valence-corrected chi connectivity index (χ4v) is 6.90. The summed E-state index contributed by atoms with van der Waals surface area (Å²) in [6.07, 6.45) is 0. The molecule has 3 rings (SSSR count). The molecule has 0 aromatic heterocycles. The third-order valence-corrected chi connectivity index (χ3v) is 8.44. The predicted octanol–water partition coefficient (Wildman–Crippen LogP) is 6.74. The topological polar surface area (TPSA) is 0 Å². The quantitative estimate of drug-likeness (QED) is 0.500. The lowest BCUT2D eigenvalue weighted by molar-refractivity contribution is 1.22. The summed E-state index contributed by atoms with van der Waals surface area (Å²) < 4.78 is 0. The third kappa shape index (κ3) is 2.55. The number of hydrogen-bond donors (Lipinski definition) is 0. The second-order valence-electron chi connectivity index (χ2n) is 5.38.